The van der Waals surface area contributed by atoms with Gasteiger partial charge < -0.3 is 5.73 Å². The number of hydrogen-bond donors (Lipinski definition) is 1. The fourth-order valence-electron chi connectivity index (χ4n) is 2.77. The molecule has 1 fully saturated rings. The van der Waals surface area contributed by atoms with E-state index >= 15 is 0 Å². The first-order valence-electron chi connectivity index (χ1n) is 7.65. The van der Waals surface area contributed by atoms with Crippen molar-refractivity contribution in [2.75, 3.05) is 13.1 Å². The van der Waals surface area contributed by atoms with Crippen molar-refractivity contribution in [3.8, 4) is 0 Å². The van der Waals surface area contributed by atoms with E-state index in [1.165, 1.54) is 31.4 Å². The van der Waals surface area contributed by atoms with Crippen molar-refractivity contribution in [1.82, 2.24) is 9.88 Å². The monoisotopic (exact) mass is 261 g/mol. The first-order chi connectivity index (χ1) is 9.26. The quantitative estimate of drug-likeness (QED) is 0.782. The summed E-state index contributed by atoms with van der Waals surface area (Å²) in [5.41, 5.74) is 7.68. The zero-order valence-corrected chi connectivity index (χ0v) is 12.3. The summed E-state index contributed by atoms with van der Waals surface area (Å²) in [5.74, 6) is 0.898. The second-order valence-corrected chi connectivity index (χ2v) is 5.74. The van der Waals surface area contributed by atoms with Crippen LogP contribution in [0, 0.1) is 5.92 Å². The third-order valence-electron chi connectivity index (χ3n) is 4.00. The van der Waals surface area contributed by atoms with E-state index in [-0.39, 0.29) is 6.04 Å². The second-order valence-electron chi connectivity index (χ2n) is 5.74. The highest BCUT2D eigenvalue weighted by Crippen LogP contribution is 2.34. The molecule has 3 nitrogen and oxygen atoms in total. The van der Waals surface area contributed by atoms with Gasteiger partial charge in [0.15, 0.2) is 0 Å². The Hall–Kier alpha value is -0.930. The Morgan fingerprint density at radius 1 is 1.42 bits per heavy atom. The van der Waals surface area contributed by atoms with E-state index in [2.05, 4.69) is 29.8 Å². The number of hydrogen-bond acceptors (Lipinski definition) is 3. The molecule has 2 rings (SSSR count). The Labute approximate surface area is 117 Å². The van der Waals surface area contributed by atoms with Crippen LogP contribution in [-0.4, -0.2) is 29.0 Å². The summed E-state index contributed by atoms with van der Waals surface area (Å²) in [6.45, 7) is 6.75. The van der Waals surface area contributed by atoms with E-state index < -0.39 is 0 Å². The Morgan fingerprint density at radius 3 is 2.74 bits per heavy atom. The smallest absolute Gasteiger partial charge is 0.0514 e. The van der Waals surface area contributed by atoms with E-state index in [1.807, 2.05) is 18.5 Å². The number of aromatic nitrogens is 1. The molecular formula is C16H27N3. The highest BCUT2D eigenvalue weighted by atomic mass is 15.2. The molecule has 106 valence electrons. The van der Waals surface area contributed by atoms with Crippen molar-refractivity contribution >= 4 is 0 Å². The van der Waals surface area contributed by atoms with Gasteiger partial charge in [-0.15, -0.1) is 0 Å². The van der Waals surface area contributed by atoms with Gasteiger partial charge in [-0.25, -0.2) is 0 Å². The molecule has 1 saturated carbocycles. The summed E-state index contributed by atoms with van der Waals surface area (Å²) in [6.07, 6.45) is 8.78. The van der Waals surface area contributed by atoms with Crippen LogP contribution in [0.1, 0.15) is 51.1 Å². The summed E-state index contributed by atoms with van der Waals surface area (Å²) >= 11 is 0. The highest BCUT2D eigenvalue weighted by Gasteiger charge is 2.31. The molecule has 1 heterocycles. The molecule has 1 aromatic rings. The van der Waals surface area contributed by atoms with Gasteiger partial charge in [0.1, 0.15) is 0 Å². The zero-order valence-electron chi connectivity index (χ0n) is 12.3. The lowest BCUT2D eigenvalue weighted by molar-refractivity contribution is 0.161. The van der Waals surface area contributed by atoms with Crippen LogP contribution < -0.4 is 5.73 Å². The van der Waals surface area contributed by atoms with Crippen molar-refractivity contribution in [3.63, 3.8) is 0 Å². The normalized spacial score (nSPS) is 18.5. The third-order valence-corrected chi connectivity index (χ3v) is 4.00. The maximum atomic E-state index is 6.41. The van der Waals surface area contributed by atoms with Gasteiger partial charge in [-0.3, -0.25) is 9.88 Å². The van der Waals surface area contributed by atoms with Crippen LogP contribution in [0.15, 0.2) is 24.5 Å². The predicted octanol–water partition coefficient (Wildman–Crippen LogP) is 2.98. The van der Waals surface area contributed by atoms with Gasteiger partial charge in [-0.1, -0.05) is 19.9 Å². The van der Waals surface area contributed by atoms with Gasteiger partial charge in [-0.2, -0.15) is 0 Å². The Kier molecular flexibility index (Phi) is 5.34. The average Bonchev–Trinajstić information content (AvgIpc) is 3.24. The Bertz CT molecular complexity index is 362. The fraction of sp³-hybridized carbons (Fsp3) is 0.688. The number of nitrogens with zero attached hydrogens (tertiary/aromatic N) is 2. The molecule has 0 radical (unpaired) electrons. The van der Waals surface area contributed by atoms with Crippen LogP contribution in [-0.2, 0) is 0 Å². The summed E-state index contributed by atoms with van der Waals surface area (Å²) in [6, 6.07) is 4.70. The molecule has 2 N–H and O–H groups in total. The number of nitrogens with two attached hydrogens (primary N) is 1. The van der Waals surface area contributed by atoms with Crippen LogP contribution in [0.5, 0.6) is 0 Å². The lowest BCUT2D eigenvalue weighted by Crippen LogP contribution is -2.42. The maximum absolute atomic E-state index is 6.41. The van der Waals surface area contributed by atoms with Crippen LogP contribution >= 0.6 is 0 Å². The summed E-state index contributed by atoms with van der Waals surface area (Å²) in [5, 5.41) is 0. The molecule has 1 aliphatic carbocycles. The van der Waals surface area contributed by atoms with Gasteiger partial charge in [0, 0.05) is 25.0 Å². The third kappa shape index (κ3) is 4.02. The molecule has 0 aliphatic heterocycles. The van der Waals surface area contributed by atoms with Gasteiger partial charge in [0.05, 0.1) is 6.04 Å². The van der Waals surface area contributed by atoms with E-state index in [0.29, 0.717) is 6.04 Å². The molecule has 0 aromatic carbocycles. The van der Waals surface area contributed by atoms with E-state index in [9.17, 15) is 0 Å². The Morgan fingerprint density at radius 2 is 2.21 bits per heavy atom. The molecule has 0 amide bonds. The van der Waals surface area contributed by atoms with Crippen molar-refractivity contribution in [3.05, 3.63) is 30.1 Å². The lowest BCUT2D eigenvalue weighted by Gasteiger charge is -2.35. The van der Waals surface area contributed by atoms with Crippen molar-refractivity contribution in [1.29, 1.82) is 0 Å². The van der Waals surface area contributed by atoms with Crippen molar-refractivity contribution in [2.45, 2.75) is 51.6 Å². The SMILES string of the molecule is CCCN(CC1CC1)C(c1cccnc1)C(N)CC. The van der Waals surface area contributed by atoms with Crippen molar-refractivity contribution < 1.29 is 0 Å². The standard InChI is InChI=1S/C16H27N3/c1-3-10-19(12-13-7-8-13)16(15(17)4-2)14-6-5-9-18-11-14/h5-6,9,11,13,15-16H,3-4,7-8,10,12,17H2,1-2H3. The molecule has 0 spiro atoms. The average molecular weight is 261 g/mol. The number of rotatable bonds is 8. The zero-order chi connectivity index (χ0) is 13.7. The molecule has 3 heteroatoms. The van der Waals surface area contributed by atoms with Gasteiger partial charge in [-0.05, 0) is 49.8 Å². The minimum atomic E-state index is 0.189. The van der Waals surface area contributed by atoms with E-state index in [1.54, 1.807) is 0 Å². The molecule has 0 saturated heterocycles. The van der Waals surface area contributed by atoms with Gasteiger partial charge in [0.25, 0.3) is 0 Å². The summed E-state index contributed by atoms with van der Waals surface area (Å²) in [4.78, 5) is 6.86. The largest absolute Gasteiger partial charge is 0.326 e. The van der Waals surface area contributed by atoms with Crippen LogP contribution in [0.25, 0.3) is 0 Å². The van der Waals surface area contributed by atoms with Gasteiger partial charge >= 0.3 is 0 Å². The van der Waals surface area contributed by atoms with Crippen LogP contribution in [0.4, 0.5) is 0 Å². The molecule has 2 atom stereocenters. The predicted molar refractivity (Wildman–Crippen MR) is 79.8 cm³/mol. The molecule has 19 heavy (non-hydrogen) atoms. The lowest BCUT2D eigenvalue weighted by atomic mass is 9.97. The fourth-order valence-corrected chi connectivity index (χ4v) is 2.77. The summed E-state index contributed by atoms with van der Waals surface area (Å²) in [7, 11) is 0. The van der Waals surface area contributed by atoms with E-state index in [0.717, 1.165) is 18.9 Å². The van der Waals surface area contributed by atoms with Crippen LogP contribution in [0.2, 0.25) is 0 Å². The molecular weight excluding hydrogens is 234 g/mol. The minimum Gasteiger partial charge on any atom is -0.326 e. The Balaban J connectivity index is 2.18. The van der Waals surface area contributed by atoms with Crippen molar-refractivity contribution in [2.24, 2.45) is 11.7 Å². The molecule has 2 unspecified atom stereocenters. The van der Waals surface area contributed by atoms with Gasteiger partial charge in [0.2, 0.25) is 0 Å². The molecule has 1 aliphatic rings. The first-order valence-corrected chi connectivity index (χ1v) is 7.65. The van der Waals surface area contributed by atoms with E-state index in [4.69, 9.17) is 5.73 Å². The highest BCUT2D eigenvalue weighted by molar-refractivity contribution is 5.16. The number of pyridine rings is 1. The topological polar surface area (TPSA) is 42.2 Å². The second kappa shape index (κ2) is 7.01. The summed E-state index contributed by atoms with van der Waals surface area (Å²) < 4.78 is 0. The minimum absolute atomic E-state index is 0.189. The maximum Gasteiger partial charge on any atom is 0.0514 e. The first kappa shape index (κ1) is 14.5. The molecule has 1 aromatic heterocycles. The van der Waals surface area contributed by atoms with Crippen LogP contribution in [0.3, 0.4) is 0 Å². The molecule has 0 bridgehead atoms.